The maximum atomic E-state index is 14.2. The standard InChI is InChI=1S/C32H46IN3O8/c1-42-28-15-21(19-38)14-25(33)31(28)44-27-17-24(32(41)34-4-9-37)16-26(30(27)40)36(6-5-35-7-10-43-11-8-35)29(39)18-23-13-20-2-3-22(23)12-20/h14-15,17,20,22-23,26-27,30,37-38,40H,2-13,16,18-19H2,1H3,(H,34,41)/t20?,22?,23?,26-,27+,30+/m1/s1. The predicted molar refractivity (Wildman–Crippen MR) is 171 cm³/mol. The highest BCUT2D eigenvalue weighted by Crippen LogP contribution is 2.50. The number of aliphatic hydroxyl groups excluding tert-OH is 3. The summed E-state index contributed by atoms with van der Waals surface area (Å²) in [5.74, 6) is 2.09. The zero-order chi connectivity index (χ0) is 31.2. The second-order valence-corrected chi connectivity index (χ2v) is 13.6. The van der Waals surface area contributed by atoms with Crippen LogP contribution in [0.3, 0.4) is 0 Å². The molecule has 2 amide bonds. The van der Waals surface area contributed by atoms with Gasteiger partial charge in [-0.15, -0.1) is 0 Å². The number of methoxy groups -OCH3 is 1. The molecule has 1 saturated heterocycles. The van der Waals surface area contributed by atoms with Crippen LogP contribution in [0.15, 0.2) is 23.8 Å². The molecule has 3 unspecified atom stereocenters. The minimum Gasteiger partial charge on any atom is -0.493 e. The monoisotopic (exact) mass is 727 g/mol. The molecule has 0 aromatic heterocycles. The first kappa shape index (κ1) is 33.4. The Morgan fingerprint density at radius 1 is 1.18 bits per heavy atom. The second-order valence-electron chi connectivity index (χ2n) is 12.5. The molecule has 3 aliphatic carbocycles. The van der Waals surface area contributed by atoms with Gasteiger partial charge < -0.3 is 39.7 Å². The molecule has 5 rings (SSSR count). The minimum absolute atomic E-state index is 0.00934. The van der Waals surface area contributed by atoms with E-state index in [0.29, 0.717) is 70.8 Å². The van der Waals surface area contributed by atoms with Crippen LogP contribution in [-0.2, 0) is 20.9 Å². The van der Waals surface area contributed by atoms with E-state index in [1.54, 1.807) is 23.1 Å². The number of nitrogens with one attached hydrogen (secondary N) is 1. The molecule has 0 spiro atoms. The molecule has 1 heterocycles. The summed E-state index contributed by atoms with van der Waals surface area (Å²) in [5.41, 5.74) is 1.05. The summed E-state index contributed by atoms with van der Waals surface area (Å²) in [6.45, 7) is 3.64. The van der Waals surface area contributed by atoms with Crippen molar-refractivity contribution in [3.63, 3.8) is 0 Å². The van der Waals surface area contributed by atoms with Crippen LogP contribution >= 0.6 is 22.6 Å². The van der Waals surface area contributed by atoms with Gasteiger partial charge in [0, 0.05) is 51.1 Å². The van der Waals surface area contributed by atoms with Gasteiger partial charge in [-0.2, -0.15) is 0 Å². The fourth-order valence-electron chi connectivity index (χ4n) is 7.41. The highest BCUT2D eigenvalue weighted by Gasteiger charge is 2.44. The maximum Gasteiger partial charge on any atom is 0.247 e. The van der Waals surface area contributed by atoms with Crippen LogP contribution in [0, 0.1) is 21.3 Å². The number of carbonyl (C=O) groups is 2. The van der Waals surface area contributed by atoms with E-state index in [9.17, 15) is 24.9 Å². The molecule has 3 fully saturated rings. The van der Waals surface area contributed by atoms with Crippen molar-refractivity contribution in [1.82, 2.24) is 15.1 Å². The first-order chi connectivity index (χ1) is 21.3. The first-order valence-corrected chi connectivity index (χ1v) is 16.9. The number of aliphatic hydroxyl groups is 3. The van der Waals surface area contributed by atoms with Crippen molar-refractivity contribution in [1.29, 1.82) is 0 Å². The normalized spacial score (nSPS) is 28.4. The number of fused-ring (bicyclic) bond motifs is 2. The average molecular weight is 728 g/mol. The van der Waals surface area contributed by atoms with Gasteiger partial charge in [-0.1, -0.05) is 6.42 Å². The van der Waals surface area contributed by atoms with Gasteiger partial charge in [0.05, 0.1) is 43.1 Å². The molecule has 1 aliphatic heterocycles. The fraction of sp³-hybridized carbons (Fsp3) is 0.688. The summed E-state index contributed by atoms with van der Waals surface area (Å²) < 4.78 is 18.2. The van der Waals surface area contributed by atoms with Crippen LogP contribution in [0.25, 0.3) is 0 Å². The summed E-state index contributed by atoms with van der Waals surface area (Å²) in [6.07, 6.45) is 4.91. The maximum absolute atomic E-state index is 14.2. The van der Waals surface area contributed by atoms with Crippen LogP contribution in [0.4, 0.5) is 0 Å². The van der Waals surface area contributed by atoms with Crippen molar-refractivity contribution < 1.29 is 39.1 Å². The van der Waals surface area contributed by atoms with Crippen LogP contribution < -0.4 is 14.8 Å². The van der Waals surface area contributed by atoms with Gasteiger partial charge in [0.1, 0.15) is 12.2 Å². The van der Waals surface area contributed by atoms with E-state index in [0.717, 1.165) is 25.4 Å². The molecule has 244 valence electrons. The lowest BCUT2D eigenvalue weighted by atomic mass is 9.84. The number of amides is 2. The predicted octanol–water partition coefficient (Wildman–Crippen LogP) is 1.69. The molecule has 1 aromatic rings. The zero-order valence-corrected chi connectivity index (χ0v) is 27.6. The van der Waals surface area contributed by atoms with E-state index in [2.05, 4.69) is 32.8 Å². The van der Waals surface area contributed by atoms with Crippen LogP contribution in [0.5, 0.6) is 11.5 Å². The molecular weight excluding hydrogens is 681 g/mol. The van der Waals surface area contributed by atoms with E-state index in [4.69, 9.17) is 14.2 Å². The Balaban J connectivity index is 1.43. The Bertz CT molecular complexity index is 1190. The Labute approximate surface area is 273 Å². The number of hydrogen-bond acceptors (Lipinski definition) is 9. The van der Waals surface area contributed by atoms with Crippen molar-refractivity contribution in [2.45, 2.75) is 63.4 Å². The van der Waals surface area contributed by atoms with Gasteiger partial charge in [0.15, 0.2) is 11.5 Å². The van der Waals surface area contributed by atoms with Gasteiger partial charge in [0.2, 0.25) is 11.8 Å². The molecule has 0 radical (unpaired) electrons. The largest absolute Gasteiger partial charge is 0.493 e. The summed E-state index contributed by atoms with van der Waals surface area (Å²) in [5, 5.41) is 33.6. The van der Waals surface area contributed by atoms with E-state index in [1.807, 2.05) is 0 Å². The molecular formula is C32H46IN3O8. The lowest BCUT2D eigenvalue weighted by Gasteiger charge is -2.42. The number of ether oxygens (including phenoxy) is 3. The van der Waals surface area contributed by atoms with Gasteiger partial charge in [-0.3, -0.25) is 14.5 Å². The zero-order valence-electron chi connectivity index (χ0n) is 25.5. The Morgan fingerprint density at radius 3 is 2.64 bits per heavy atom. The molecule has 12 heteroatoms. The topological polar surface area (TPSA) is 141 Å². The van der Waals surface area contributed by atoms with E-state index >= 15 is 0 Å². The molecule has 1 aromatic carbocycles. The summed E-state index contributed by atoms with van der Waals surface area (Å²) in [4.78, 5) is 31.5. The number of benzene rings is 1. The molecule has 44 heavy (non-hydrogen) atoms. The summed E-state index contributed by atoms with van der Waals surface area (Å²) in [6, 6.07) is 2.76. The fourth-order valence-corrected chi connectivity index (χ4v) is 8.20. The van der Waals surface area contributed by atoms with Gasteiger partial charge >= 0.3 is 0 Å². The molecule has 4 N–H and O–H groups in total. The molecule has 6 atom stereocenters. The Morgan fingerprint density at radius 2 is 1.98 bits per heavy atom. The lowest BCUT2D eigenvalue weighted by molar-refractivity contribution is -0.140. The van der Waals surface area contributed by atoms with Crippen LogP contribution in [0.2, 0.25) is 0 Å². The van der Waals surface area contributed by atoms with Crippen molar-refractivity contribution in [3.05, 3.63) is 32.9 Å². The van der Waals surface area contributed by atoms with Crippen molar-refractivity contribution in [2.75, 3.05) is 59.7 Å². The molecule has 11 nitrogen and oxygen atoms in total. The lowest BCUT2D eigenvalue weighted by Crippen LogP contribution is -2.57. The van der Waals surface area contributed by atoms with Crippen molar-refractivity contribution in [2.24, 2.45) is 17.8 Å². The van der Waals surface area contributed by atoms with Crippen molar-refractivity contribution >= 4 is 34.4 Å². The highest BCUT2D eigenvalue weighted by atomic mass is 127. The minimum atomic E-state index is -1.11. The number of carbonyl (C=O) groups excluding carboxylic acids is 2. The van der Waals surface area contributed by atoms with Gasteiger partial charge in [-0.25, -0.2) is 0 Å². The number of rotatable bonds is 13. The number of nitrogens with zero attached hydrogens (tertiary/aromatic N) is 2. The third-order valence-corrected chi connectivity index (χ3v) is 10.5. The average Bonchev–Trinajstić information content (AvgIpc) is 3.66. The summed E-state index contributed by atoms with van der Waals surface area (Å²) in [7, 11) is 1.50. The second kappa shape index (κ2) is 15.5. The van der Waals surface area contributed by atoms with E-state index in [1.165, 1.54) is 26.4 Å². The highest BCUT2D eigenvalue weighted by molar-refractivity contribution is 14.1. The van der Waals surface area contributed by atoms with Gasteiger partial charge in [0.25, 0.3) is 0 Å². The quantitative estimate of drug-likeness (QED) is 0.224. The Hall–Kier alpha value is -1.97. The third kappa shape index (κ3) is 7.87. The first-order valence-electron chi connectivity index (χ1n) is 15.8. The SMILES string of the molecule is COc1cc(CO)cc(I)c1O[C@H]1C=C(C(=O)NCCO)C[C@@H](N(CCN2CCOCC2)C(=O)CC2CC3CCC2C3)[C@@H]1O. The number of hydrogen-bond donors (Lipinski definition) is 4. The third-order valence-electron chi connectivity index (χ3n) is 9.74. The van der Waals surface area contributed by atoms with Crippen molar-refractivity contribution in [3.8, 4) is 11.5 Å². The smallest absolute Gasteiger partial charge is 0.247 e. The van der Waals surface area contributed by atoms with Gasteiger partial charge in [-0.05, 0) is 83.4 Å². The van der Waals surface area contributed by atoms with E-state index < -0.39 is 18.2 Å². The molecule has 2 saturated carbocycles. The number of halogens is 1. The van der Waals surface area contributed by atoms with Crippen LogP contribution in [-0.4, -0.2) is 115 Å². The molecule has 4 aliphatic rings. The molecule has 2 bridgehead atoms. The number of morpholine rings is 1. The van der Waals surface area contributed by atoms with Crippen LogP contribution in [0.1, 0.15) is 44.1 Å². The summed E-state index contributed by atoms with van der Waals surface area (Å²) >= 11 is 2.10. The Kier molecular flexibility index (Phi) is 11.8. The van der Waals surface area contributed by atoms with E-state index in [-0.39, 0.29) is 38.0 Å².